The Labute approximate surface area is 133 Å². The number of halogens is 2. The Kier molecular flexibility index (Phi) is 4.85. The first-order valence-electron chi connectivity index (χ1n) is 6.21. The second kappa shape index (κ2) is 6.62. The molecule has 0 aliphatic rings. The van der Waals surface area contributed by atoms with Gasteiger partial charge in [0, 0.05) is 19.2 Å². The van der Waals surface area contributed by atoms with Gasteiger partial charge >= 0.3 is 0 Å². The highest BCUT2D eigenvalue weighted by atomic mass is 35.5. The van der Waals surface area contributed by atoms with Gasteiger partial charge in [0.2, 0.25) is 0 Å². The Morgan fingerprint density at radius 3 is 2.38 bits per heavy atom. The van der Waals surface area contributed by atoms with Crippen molar-refractivity contribution in [1.82, 2.24) is 4.90 Å². The van der Waals surface area contributed by atoms with E-state index in [0.29, 0.717) is 27.7 Å². The third-order valence-electron chi connectivity index (χ3n) is 3.02. The number of hydrogen-bond acceptors (Lipinski definition) is 2. The lowest BCUT2D eigenvalue weighted by molar-refractivity contribution is 0.0785. The SMILES string of the molecule is CN(Cc1ccc(C#N)cc1)C(=O)c1ccc(Cl)c(Cl)c1. The summed E-state index contributed by atoms with van der Waals surface area (Å²) in [4.78, 5) is 13.9. The molecule has 0 bridgehead atoms. The topological polar surface area (TPSA) is 44.1 Å². The van der Waals surface area contributed by atoms with Crippen LogP contribution in [0.25, 0.3) is 0 Å². The van der Waals surface area contributed by atoms with E-state index in [9.17, 15) is 4.79 Å². The molecular formula is C16H12Cl2N2O. The van der Waals surface area contributed by atoms with E-state index in [1.807, 2.05) is 12.1 Å². The summed E-state index contributed by atoms with van der Waals surface area (Å²) in [5.74, 6) is -0.141. The zero-order valence-electron chi connectivity index (χ0n) is 11.3. The summed E-state index contributed by atoms with van der Waals surface area (Å²) >= 11 is 11.8. The van der Waals surface area contributed by atoms with Gasteiger partial charge in [-0.15, -0.1) is 0 Å². The van der Waals surface area contributed by atoms with E-state index in [1.54, 1.807) is 42.3 Å². The summed E-state index contributed by atoms with van der Waals surface area (Å²) in [6.07, 6.45) is 0. The van der Waals surface area contributed by atoms with Crippen LogP contribution in [0.15, 0.2) is 42.5 Å². The van der Waals surface area contributed by atoms with E-state index < -0.39 is 0 Å². The predicted molar refractivity (Wildman–Crippen MR) is 83.4 cm³/mol. The normalized spacial score (nSPS) is 10.0. The largest absolute Gasteiger partial charge is 0.337 e. The van der Waals surface area contributed by atoms with Crippen molar-refractivity contribution in [3.05, 3.63) is 69.2 Å². The second-order valence-electron chi connectivity index (χ2n) is 4.60. The highest BCUT2D eigenvalue weighted by Gasteiger charge is 2.13. The van der Waals surface area contributed by atoms with Crippen LogP contribution in [-0.4, -0.2) is 17.9 Å². The molecule has 2 aromatic carbocycles. The lowest BCUT2D eigenvalue weighted by Crippen LogP contribution is -2.26. The molecule has 0 fully saturated rings. The van der Waals surface area contributed by atoms with Gasteiger partial charge in [0.05, 0.1) is 21.7 Å². The molecule has 3 nitrogen and oxygen atoms in total. The average molecular weight is 319 g/mol. The minimum absolute atomic E-state index is 0.141. The van der Waals surface area contributed by atoms with Crippen LogP contribution in [0.4, 0.5) is 0 Å². The number of hydrogen-bond donors (Lipinski definition) is 0. The van der Waals surface area contributed by atoms with Crippen molar-refractivity contribution in [2.75, 3.05) is 7.05 Å². The molecule has 0 aromatic heterocycles. The van der Waals surface area contributed by atoms with E-state index in [2.05, 4.69) is 6.07 Å². The number of nitriles is 1. The van der Waals surface area contributed by atoms with Crippen molar-refractivity contribution >= 4 is 29.1 Å². The lowest BCUT2D eigenvalue weighted by atomic mass is 10.1. The molecule has 0 atom stereocenters. The van der Waals surface area contributed by atoms with Crippen molar-refractivity contribution < 1.29 is 4.79 Å². The van der Waals surface area contributed by atoms with Gasteiger partial charge in [-0.2, -0.15) is 5.26 Å². The van der Waals surface area contributed by atoms with Gasteiger partial charge in [-0.05, 0) is 35.9 Å². The Morgan fingerprint density at radius 2 is 1.81 bits per heavy atom. The highest BCUT2D eigenvalue weighted by molar-refractivity contribution is 6.42. The summed E-state index contributed by atoms with van der Waals surface area (Å²) in [5.41, 5.74) is 2.03. The van der Waals surface area contributed by atoms with Gasteiger partial charge in [-0.25, -0.2) is 0 Å². The highest BCUT2D eigenvalue weighted by Crippen LogP contribution is 2.23. The number of benzene rings is 2. The van der Waals surface area contributed by atoms with Crippen molar-refractivity contribution in [3.63, 3.8) is 0 Å². The van der Waals surface area contributed by atoms with E-state index in [1.165, 1.54) is 0 Å². The molecule has 0 spiro atoms. The second-order valence-corrected chi connectivity index (χ2v) is 5.41. The van der Waals surface area contributed by atoms with Crippen LogP contribution >= 0.6 is 23.2 Å². The minimum atomic E-state index is -0.141. The molecule has 0 unspecified atom stereocenters. The quantitative estimate of drug-likeness (QED) is 0.853. The van der Waals surface area contributed by atoms with Gasteiger partial charge in [-0.1, -0.05) is 35.3 Å². The van der Waals surface area contributed by atoms with Gasteiger partial charge in [-0.3, -0.25) is 4.79 Å². The van der Waals surface area contributed by atoms with E-state index in [-0.39, 0.29) is 5.91 Å². The summed E-state index contributed by atoms with van der Waals surface area (Å²) in [7, 11) is 1.71. The average Bonchev–Trinajstić information content (AvgIpc) is 2.50. The van der Waals surface area contributed by atoms with Crippen LogP contribution in [0.2, 0.25) is 10.0 Å². The van der Waals surface area contributed by atoms with Crippen molar-refractivity contribution in [2.24, 2.45) is 0 Å². The number of carbonyl (C=O) groups is 1. The molecule has 21 heavy (non-hydrogen) atoms. The Bertz CT molecular complexity index is 705. The fraction of sp³-hybridized carbons (Fsp3) is 0.125. The molecule has 0 N–H and O–H groups in total. The van der Waals surface area contributed by atoms with Crippen LogP contribution < -0.4 is 0 Å². The molecule has 0 saturated carbocycles. The molecule has 0 heterocycles. The maximum atomic E-state index is 12.3. The van der Waals surface area contributed by atoms with E-state index >= 15 is 0 Å². The monoisotopic (exact) mass is 318 g/mol. The summed E-state index contributed by atoms with van der Waals surface area (Å²) < 4.78 is 0. The van der Waals surface area contributed by atoms with Crippen LogP contribution in [0.1, 0.15) is 21.5 Å². The van der Waals surface area contributed by atoms with E-state index in [4.69, 9.17) is 28.5 Å². The number of nitrogens with zero attached hydrogens (tertiary/aromatic N) is 2. The van der Waals surface area contributed by atoms with Crippen molar-refractivity contribution in [1.29, 1.82) is 5.26 Å². The maximum absolute atomic E-state index is 12.3. The first-order chi connectivity index (χ1) is 10.0. The zero-order chi connectivity index (χ0) is 15.4. The predicted octanol–water partition coefficient (Wildman–Crippen LogP) is 4.14. The van der Waals surface area contributed by atoms with Crippen molar-refractivity contribution in [2.45, 2.75) is 6.54 Å². The number of amides is 1. The third-order valence-corrected chi connectivity index (χ3v) is 3.76. The van der Waals surface area contributed by atoms with Gasteiger partial charge < -0.3 is 4.90 Å². The maximum Gasteiger partial charge on any atom is 0.253 e. The Balaban J connectivity index is 2.11. The summed E-state index contributed by atoms with van der Waals surface area (Å²) in [5, 5.41) is 9.53. The molecule has 2 rings (SSSR count). The van der Waals surface area contributed by atoms with Gasteiger partial charge in [0.15, 0.2) is 0 Å². The van der Waals surface area contributed by atoms with Crippen LogP contribution in [0, 0.1) is 11.3 Å². The third kappa shape index (κ3) is 3.75. The minimum Gasteiger partial charge on any atom is -0.337 e. The fourth-order valence-corrected chi connectivity index (χ4v) is 2.18. The molecule has 0 aliphatic heterocycles. The van der Waals surface area contributed by atoms with Crippen LogP contribution in [0.3, 0.4) is 0 Å². The molecule has 0 radical (unpaired) electrons. The first-order valence-corrected chi connectivity index (χ1v) is 6.96. The molecular weight excluding hydrogens is 307 g/mol. The number of carbonyl (C=O) groups excluding carboxylic acids is 1. The zero-order valence-corrected chi connectivity index (χ0v) is 12.8. The van der Waals surface area contributed by atoms with Crippen LogP contribution in [0.5, 0.6) is 0 Å². The van der Waals surface area contributed by atoms with Crippen molar-refractivity contribution in [3.8, 4) is 6.07 Å². The van der Waals surface area contributed by atoms with Gasteiger partial charge in [0.25, 0.3) is 5.91 Å². The molecule has 106 valence electrons. The fourth-order valence-electron chi connectivity index (χ4n) is 1.88. The summed E-state index contributed by atoms with van der Waals surface area (Å²) in [6, 6.07) is 14.0. The molecule has 1 amide bonds. The molecule has 2 aromatic rings. The first kappa shape index (κ1) is 15.4. The molecule has 0 saturated heterocycles. The standard InChI is InChI=1S/C16H12Cl2N2O/c1-20(10-12-4-2-11(9-19)3-5-12)16(21)13-6-7-14(17)15(18)8-13/h2-8H,10H2,1H3. The van der Waals surface area contributed by atoms with E-state index in [0.717, 1.165) is 5.56 Å². The van der Waals surface area contributed by atoms with Crippen LogP contribution in [-0.2, 0) is 6.54 Å². The number of rotatable bonds is 3. The summed E-state index contributed by atoms with van der Waals surface area (Å²) in [6.45, 7) is 0.449. The molecule has 0 aliphatic carbocycles. The Morgan fingerprint density at radius 1 is 1.14 bits per heavy atom. The Hall–Kier alpha value is -2.02. The molecule has 5 heteroatoms. The van der Waals surface area contributed by atoms with Gasteiger partial charge in [0.1, 0.15) is 0 Å². The smallest absolute Gasteiger partial charge is 0.253 e. The lowest BCUT2D eigenvalue weighted by Gasteiger charge is -2.17.